The van der Waals surface area contributed by atoms with Crippen LogP contribution >= 0.6 is 0 Å². The average molecular weight is 415 g/mol. The summed E-state index contributed by atoms with van der Waals surface area (Å²) in [5, 5.41) is 20.6. The number of aryl methyl sites for hydroxylation is 1. The molecule has 7 nitrogen and oxygen atoms in total. The van der Waals surface area contributed by atoms with Gasteiger partial charge in [-0.05, 0) is 56.0 Å². The van der Waals surface area contributed by atoms with E-state index in [1.54, 1.807) is 10.7 Å². The number of benzene rings is 1. The minimum Gasteiger partial charge on any atom is -0.507 e. The van der Waals surface area contributed by atoms with Gasteiger partial charge in [0.25, 0.3) is 0 Å². The van der Waals surface area contributed by atoms with Gasteiger partial charge in [0.15, 0.2) is 5.65 Å². The largest absolute Gasteiger partial charge is 0.507 e. The average Bonchev–Trinajstić information content (AvgIpc) is 3.35. The maximum atomic E-state index is 10.5. The minimum absolute atomic E-state index is 0.177. The van der Waals surface area contributed by atoms with Crippen molar-refractivity contribution in [3.05, 3.63) is 42.7 Å². The number of nitrogens with one attached hydrogen (secondary N) is 1. The van der Waals surface area contributed by atoms with Crippen molar-refractivity contribution < 1.29 is 5.11 Å². The molecule has 6 rings (SSSR count). The number of aromatic hydroxyl groups is 1. The zero-order valence-corrected chi connectivity index (χ0v) is 17.6. The van der Waals surface area contributed by atoms with Gasteiger partial charge in [0.2, 0.25) is 0 Å². The highest BCUT2D eigenvalue weighted by Crippen LogP contribution is 2.33. The number of hydrogen-bond acceptors (Lipinski definition) is 6. The second-order valence-electron chi connectivity index (χ2n) is 8.95. The van der Waals surface area contributed by atoms with E-state index in [-0.39, 0.29) is 5.75 Å². The topological polar surface area (TPSA) is 79.1 Å². The second kappa shape index (κ2) is 7.20. The van der Waals surface area contributed by atoms with Crippen LogP contribution in [0.15, 0.2) is 42.7 Å². The fourth-order valence-corrected chi connectivity index (χ4v) is 4.53. The highest BCUT2D eigenvalue weighted by atomic mass is 16.3. The first-order valence-electron chi connectivity index (χ1n) is 11.0. The van der Waals surface area contributed by atoms with Crippen molar-refractivity contribution in [2.75, 3.05) is 24.5 Å². The van der Waals surface area contributed by atoms with E-state index in [0.717, 1.165) is 41.0 Å². The lowest BCUT2D eigenvalue weighted by Gasteiger charge is -2.19. The zero-order valence-electron chi connectivity index (χ0n) is 17.6. The van der Waals surface area contributed by atoms with Gasteiger partial charge in [-0.25, -0.2) is 9.97 Å². The van der Waals surface area contributed by atoms with Gasteiger partial charge in [-0.1, -0.05) is 0 Å². The maximum absolute atomic E-state index is 10.5. The van der Waals surface area contributed by atoms with Gasteiger partial charge in [0, 0.05) is 54.8 Å². The first-order valence-corrected chi connectivity index (χ1v) is 11.0. The van der Waals surface area contributed by atoms with Crippen LogP contribution in [0.3, 0.4) is 0 Å². The van der Waals surface area contributed by atoms with Crippen molar-refractivity contribution in [1.29, 1.82) is 0 Å². The van der Waals surface area contributed by atoms with E-state index in [0.29, 0.717) is 22.9 Å². The Bertz CT molecular complexity index is 1280. The second-order valence-corrected chi connectivity index (χ2v) is 8.95. The SMILES string of the molecule is Cn1cc2cc(-c3ccc4cc(N5CC[C@H](NCC6CC6)C5)cnc4n3)c(O)cc2n1. The molecule has 4 heterocycles. The molecule has 1 atom stereocenters. The van der Waals surface area contributed by atoms with Gasteiger partial charge in [-0.15, -0.1) is 0 Å². The number of phenols is 1. The Morgan fingerprint density at radius 1 is 1.13 bits per heavy atom. The van der Waals surface area contributed by atoms with Crippen molar-refractivity contribution >= 4 is 27.6 Å². The summed E-state index contributed by atoms with van der Waals surface area (Å²) in [5.41, 5.74) is 4.01. The number of phenolic OH excluding ortho intramolecular Hbond substituents is 1. The number of rotatable bonds is 5. The number of aromatic nitrogens is 4. The molecule has 3 aromatic heterocycles. The van der Waals surface area contributed by atoms with E-state index >= 15 is 0 Å². The molecule has 2 N–H and O–H groups in total. The van der Waals surface area contributed by atoms with Crippen LogP contribution in [-0.4, -0.2) is 50.5 Å². The molecule has 0 unspecified atom stereocenters. The molecule has 0 bridgehead atoms. The molecule has 2 aliphatic rings. The molecule has 1 aliphatic carbocycles. The van der Waals surface area contributed by atoms with Crippen LogP contribution < -0.4 is 10.2 Å². The van der Waals surface area contributed by atoms with Gasteiger partial charge in [-0.3, -0.25) is 4.68 Å². The highest BCUT2D eigenvalue weighted by molar-refractivity contribution is 5.89. The molecule has 4 aromatic rings. The lowest BCUT2D eigenvalue weighted by molar-refractivity contribution is 0.478. The molecule has 1 saturated carbocycles. The van der Waals surface area contributed by atoms with Crippen LogP contribution in [-0.2, 0) is 7.05 Å². The standard InChI is InChI=1S/C24H26N6O/c1-29-13-17-9-20(23(31)10-22(17)28-29)21-5-4-16-8-19(12-26-24(16)27-21)30-7-6-18(14-30)25-11-15-2-3-15/h4-5,8-10,12-13,15,18,25,31H,2-3,6-7,11,14H2,1H3/t18-/m0/s1. The maximum Gasteiger partial charge on any atom is 0.159 e. The van der Waals surface area contributed by atoms with Crippen LogP contribution in [0.1, 0.15) is 19.3 Å². The minimum atomic E-state index is 0.177. The first kappa shape index (κ1) is 18.6. The van der Waals surface area contributed by atoms with Crippen LogP contribution in [0.4, 0.5) is 5.69 Å². The number of pyridine rings is 2. The Kier molecular flexibility index (Phi) is 4.31. The number of nitrogens with zero attached hydrogens (tertiary/aromatic N) is 5. The summed E-state index contributed by atoms with van der Waals surface area (Å²) in [6.45, 7) is 3.25. The predicted molar refractivity (Wildman–Crippen MR) is 122 cm³/mol. The van der Waals surface area contributed by atoms with Gasteiger partial charge in [0.05, 0.1) is 23.1 Å². The molecule has 0 radical (unpaired) electrons. The fraction of sp³-hybridized carbons (Fsp3) is 0.375. The molecule has 1 aromatic carbocycles. The number of anilines is 1. The summed E-state index contributed by atoms with van der Waals surface area (Å²) < 4.78 is 1.75. The van der Waals surface area contributed by atoms with E-state index in [9.17, 15) is 5.11 Å². The molecule has 0 spiro atoms. The summed E-state index contributed by atoms with van der Waals surface area (Å²) in [7, 11) is 1.87. The smallest absolute Gasteiger partial charge is 0.159 e. The summed E-state index contributed by atoms with van der Waals surface area (Å²) in [4.78, 5) is 11.8. The molecular weight excluding hydrogens is 388 g/mol. The summed E-state index contributed by atoms with van der Waals surface area (Å²) in [6.07, 6.45) is 7.82. The van der Waals surface area contributed by atoms with Gasteiger partial charge in [-0.2, -0.15) is 5.10 Å². The molecule has 7 heteroatoms. The van der Waals surface area contributed by atoms with Gasteiger partial charge >= 0.3 is 0 Å². The molecule has 0 amide bonds. The molecule has 2 fully saturated rings. The Labute approximate surface area is 180 Å². The number of hydrogen-bond donors (Lipinski definition) is 2. The highest BCUT2D eigenvalue weighted by Gasteiger charge is 2.26. The van der Waals surface area contributed by atoms with Crippen LogP contribution in [0.2, 0.25) is 0 Å². The van der Waals surface area contributed by atoms with Crippen molar-refractivity contribution in [3.63, 3.8) is 0 Å². The Balaban J connectivity index is 1.25. The van der Waals surface area contributed by atoms with Crippen LogP contribution in [0.25, 0.3) is 33.2 Å². The zero-order chi connectivity index (χ0) is 20.9. The summed E-state index contributed by atoms with van der Waals surface area (Å²) >= 11 is 0. The van der Waals surface area contributed by atoms with E-state index in [1.807, 2.05) is 37.6 Å². The molecule has 1 saturated heterocycles. The summed E-state index contributed by atoms with van der Waals surface area (Å²) in [5.74, 6) is 1.09. The molecule has 31 heavy (non-hydrogen) atoms. The number of fused-ring (bicyclic) bond motifs is 2. The van der Waals surface area contributed by atoms with E-state index in [2.05, 4.69) is 26.4 Å². The lowest BCUT2D eigenvalue weighted by Crippen LogP contribution is -2.33. The van der Waals surface area contributed by atoms with Gasteiger partial charge < -0.3 is 15.3 Å². The molecule has 158 valence electrons. The third kappa shape index (κ3) is 3.59. The first-order chi connectivity index (χ1) is 15.1. The predicted octanol–water partition coefficient (Wildman–Crippen LogP) is 3.47. The monoisotopic (exact) mass is 414 g/mol. The summed E-state index contributed by atoms with van der Waals surface area (Å²) in [6, 6.07) is 10.4. The van der Waals surface area contributed by atoms with Crippen LogP contribution in [0, 0.1) is 5.92 Å². The third-order valence-electron chi connectivity index (χ3n) is 6.49. The van der Waals surface area contributed by atoms with Crippen molar-refractivity contribution in [2.24, 2.45) is 13.0 Å². The molecule has 1 aliphatic heterocycles. The fourth-order valence-electron chi connectivity index (χ4n) is 4.53. The van der Waals surface area contributed by atoms with E-state index in [1.165, 1.54) is 25.8 Å². The van der Waals surface area contributed by atoms with Gasteiger partial charge in [0.1, 0.15) is 5.75 Å². The lowest BCUT2D eigenvalue weighted by atomic mass is 10.1. The quantitative estimate of drug-likeness (QED) is 0.521. The van der Waals surface area contributed by atoms with Crippen LogP contribution in [0.5, 0.6) is 5.75 Å². The van der Waals surface area contributed by atoms with E-state index < -0.39 is 0 Å². The Morgan fingerprint density at radius 3 is 2.90 bits per heavy atom. The normalized spacial score (nSPS) is 19.0. The van der Waals surface area contributed by atoms with Crippen molar-refractivity contribution in [3.8, 4) is 17.0 Å². The molecular formula is C24H26N6O. The van der Waals surface area contributed by atoms with Crippen molar-refractivity contribution in [2.45, 2.75) is 25.3 Å². The van der Waals surface area contributed by atoms with Crippen molar-refractivity contribution in [1.82, 2.24) is 25.1 Å². The third-order valence-corrected chi connectivity index (χ3v) is 6.49. The Morgan fingerprint density at radius 2 is 2.03 bits per heavy atom. The van der Waals surface area contributed by atoms with E-state index in [4.69, 9.17) is 4.98 Å². The Hall–Kier alpha value is -3.19.